The number of halogens is 1. The van der Waals surface area contributed by atoms with Crippen molar-refractivity contribution in [2.75, 3.05) is 0 Å². The van der Waals surface area contributed by atoms with Crippen molar-refractivity contribution in [3.8, 4) is 11.8 Å². The van der Waals surface area contributed by atoms with Crippen LogP contribution in [0.2, 0.25) is 5.02 Å². The molecular weight excluding hydrogens is 352 g/mol. The number of nitrogens with zero attached hydrogens (tertiary/aromatic N) is 4. The van der Waals surface area contributed by atoms with E-state index in [-0.39, 0.29) is 22.2 Å². The molecule has 3 heterocycles. The quantitative estimate of drug-likeness (QED) is 0.488. The first-order chi connectivity index (χ1) is 12.5. The number of fused-ring (bicyclic) bond motifs is 2. The van der Waals surface area contributed by atoms with Gasteiger partial charge in [0.25, 0.3) is 11.1 Å². The van der Waals surface area contributed by atoms with E-state index >= 15 is 0 Å². The van der Waals surface area contributed by atoms with Gasteiger partial charge in [0.05, 0.1) is 11.1 Å². The van der Waals surface area contributed by atoms with E-state index in [0.29, 0.717) is 21.9 Å². The van der Waals surface area contributed by atoms with Crippen LogP contribution in [-0.4, -0.2) is 14.0 Å². The number of hydrogen-bond donors (Lipinski definition) is 0. The molecule has 0 N–H and O–H groups in total. The van der Waals surface area contributed by atoms with E-state index in [9.17, 15) is 14.9 Å². The summed E-state index contributed by atoms with van der Waals surface area (Å²) >= 11 is 6.20. The zero-order chi connectivity index (χ0) is 18.4. The fourth-order valence-corrected chi connectivity index (χ4v) is 3.12. The fourth-order valence-electron chi connectivity index (χ4n) is 2.95. The number of hydrogen-bond acceptors (Lipinski definition) is 4. The second kappa shape index (κ2) is 5.83. The van der Waals surface area contributed by atoms with Crippen molar-refractivity contribution in [2.24, 2.45) is 0 Å². The molecule has 7 heteroatoms. The molecule has 0 saturated carbocycles. The highest BCUT2D eigenvalue weighted by molar-refractivity contribution is 6.31. The minimum Gasteiger partial charge on any atom is -0.268 e. The molecule has 4 aromatic rings. The lowest BCUT2D eigenvalue weighted by Gasteiger charge is -2.14. The molecule has 0 atom stereocenters. The van der Waals surface area contributed by atoms with Gasteiger partial charge in [-0.2, -0.15) is 5.26 Å². The van der Waals surface area contributed by atoms with E-state index in [1.54, 1.807) is 49.5 Å². The highest BCUT2D eigenvalue weighted by Crippen LogP contribution is 2.23. The van der Waals surface area contributed by atoms with Gasteiger partial charge in [-0.3, -0.25) is 18.6 Å². The van der Waals surface area contributed by atoms with Gasteiger partial charge in [-0.15, -0.1) is 0 Å². The van der Waals surface area contributed by atoms with Gasteiger partial charge in [-0.05, 0) is 42.8 Å². The van der Waals surface area contributed by atoms with Gasteiger partial charge in [-0.25, -0.2) is 4.98 Å². The second-order valence-corrected chi connectivity index (χ2v) is 6.18. The third-order valence-electron chi connectivity index (χ3n) is 4.28. The molecule has 0 aliphatic carbocycles. The highest BCUT2D eigenvalue weighted by Gasteiger charge is 2.17. The molecule has 26 heavy (non-hydrogen) atoms. The van der Waals surface area contributed by atoms with Gasteiger partial charge < -0.3 is 0 Å². The van der Waals surface area contributed by atoms with Gasteiger partial charge in [-0.1, -0.05) is 23.7 Å². The minimum absolute atomic E-state index is 0.133. The lowest BCUT2D eigenvalue weighted by molar-refractivity contribution is 0.975. The summed E-state index contributed by atoms with van der Waals surface area (Å²) in [5.74, 6) is 0. The largest absolute Gasteiger partial charge is 0.274 e. The molecule has 0 aliphatic rings. The van der Waals surface area contributed by atoms with E-state index in [0.717, 1.165) is 0 Å². The van der Waals surface area contributed by atoms with E-state index < -0.39 is 5.56 Å². The smallest absolute Gasteiger partial charge is 0.268 e. The van der Waals surface area contributed by atoms with Crippen LogP contribution in [0.1, 0.15) is 11.1 Å². The van der Waals surface area contributed by atoms with Crippen molar-refractivity contribution in [2.45, 2.75) is 6.92 Å². The number of rotatable bonds is 1. The zero-order valence-corrected chi connectivity index (χ0v) is 14.4. The van der Waals surface area contributed by atoms with Gasteiger partial charge in [0, 0.05) is 11.2 Å². The molecule has 0 bridgehead atoms. The maximum atomic E-state index is 12.9. The Morgan fingerprint density at radius 3 is 2.69 bits per heavy atom. The Hall–Kier alpha value is -3.43. The van der Waals surface area contributed by atoms with Crippen molar-refractivity contribution >= 4 is 28.3 Å². The van der Waals surface area contributed by atoms with Crippen LogP contribution in [0.3, 0.4) is 0 Å². The molecule has 126 valence electrons. The zero-order valence-electron chi connectivity index (χ0n) is 13.6. The molecule has 4 rings (SSSR count). The first-order valence-corrected chi connectivity index (χ1v) is 8.13. The van der Waals surface area contributed by atoms with Crippen molar-refractivity contribution in [1.29, 1.82) is 5.26 Å². The summed E-state index contributed by atoms with van der Waals surface area (Å²) in [5.41, 5.74) is 0.706. The van der Waals surface area contributed by atoms with Gasteiger partial charge in [0.2, 0.25) is 0 Å². The topological polar surface area (TPSA) is 80.2 Å². The maximum Gasteiger partial charge on any atom is 0.274 e. The van der Waals surface area contributed by atoms with Crippen LogP contribution in [0, 0.1) is 18.3 Å². The van der Waals surface area contributed by atoms with Crippen LogP contribution >= 0.6 is 11.6 Å². The lowest BCUT2D eigenvalue weighted by Crippen LogP contribution is -2.26. The van der Waals surface area contributed by atoms with Crippen LogP contribution < -0.4 is 11.1 Å². The number of aromatic nitrogens is 3. The third kappa shape index (κ3) is 2.22. The van der Waals surface area contributed by atoms with Gasteiger partial charge >= 0.3 is 0 Å². The van der Waals surface area contributed by atoms with Crippen molar-refractivity contribution < 1.29 is 0 Å². The molecule has 1 aromatic carbocycles. The second-order valence-electron chi connectivity index (χ2n) is 5.78. The van der Waals surface area contributed by atoms with Gasteiger partial charge in [0.1, 0.15) is 17.3 Å². The van der Waals surface area contributed by atoms with Gasteiger partial charge in [0.15, 0.2) is 5.65 Å². The Balaban J connectivity index is 2.31. The number of pyridine rings is 2. The first-order valence-electron chi connectivity index (χ1n) is 7.75. The van der Waals surface area contributed by atoms with E-state index in [1.807, 2.05) is 6.07 Å². The Bertz CT molecular complexity index is 1360. The Kier molecular flexibility index (Phi) is 3.60. The molecule has 0 amide bonds. The first kappa shape index (κ1) is 16.1. The molecule has 0 spiro atoms. The van der Waals surface area contributed by atoms with Crippen molar-refractivity contribution in [3.63, 3.8) is 0 Å². The normalized spacial score (nSPS) is 11.0. The molecule has 0 aliphatic heterocycles. The summed E-state index contributed by atoms with van der Waals surface area (Å²) < 4.78 is 2.66. The lowest BCUT2D eigenvalue weighted by atomic mass is 10.1. The van der Waals surface area contributed by atoms with E-state index in [2.05, 4.69) is 4.98 Å². The molecule has 0 saturated heterocycles. The minimum atomic E-state index is -0.544. The standard InChI is InChI=1S/C19H11ClN4O2/c1-11-14(20)5-4-6-15(11)24-17-13(9-12(10-21)18(24)25)19(26)23-8-3-2-7-16(23)22-17/h2-9H,1H3. The predicted octanol–water partition coefficient (Wildman–Crippen LogP) is 2.83. The Morgan fingerprint density at radius 2 is 1.92 bits per heavy atom. The SMILES string of the molecule is Cc1c(Cl)cccc1-n1c(=O)c(C#N)cc2c(=O)n3ccccc3nc21. The maximum absolute atomic E-state index is 12.9. The van der Waals surface area contributed by atoms with Crippen molar-refractivity contribution in [1.82, 2.24) is 14.0 Å². The van der Waals surface area contributed by atoms with Crippen LogP contribution in [-0.2, 0) is 0 Å². The molecule has 3 aromatic heterocycles. The molecule has 0 unspecified atom stereocenters. The van der Waals surface area contributed by atoms with Crippen LogP contribution in [0.15, 0.2) is 58.3 Å². The Morgan fingerprint density at radius 1 is 1.12 bits per heavy atom. The van der Waals surface area contributed by atoms with E-state index in [1.165, 1.54) is 15.0 Å². The summed E-state index contributed by atoms with van der Waals surface area (Å²) in [6.07, 6.45) is 1.59. The summed E-state index contributed by atoms with van der Waals surface area (Å²) in [5, 5.41) is 10.0. The number of benzene rings is 1. The summed E-state index contributed by atoms with van der Waals surface area (Å²) in [4.78, 5) is 30.2. The third-order valence-corrected chi connectivity index (χ3v) is 4.69. The predicted molar refractivity (Wildman–Crippen MR) is 99.0 cm³/mol. The van der Waals surface area contributed by atoms with Crippen molar-refractivity contribution in [3.05, 3.63) is 85.5 Å². The summed E-state index contributed by atoms with van der Waals surface area (Å²) in [7, 11) is 0. The molecule has 0 radical (unpaired) electrons. The summed E-state index contributed by atoms with van der Waals surface area (Å²) in [6.45, 7) is 1.77. The summed E-state index contributed by atoms with van der Waals surface area (Å²) in [6, 6.07) is 13.4. The number of nitriles is 1. The van der Waals surface area contributed by atoms with Crippen LogP contribution in [0.5, 0.6) is 0 Å². The molecule has 0 fully saturated rings. The van der Waals surface area contributed by atoms with E-state index in [4.69, 9.17) is 11.6 Å². The molecule has 6 nitrogen and oxygen atoms in total. The Labute approximate surface area is 152 Å². The van der Waals surface area contributed by atoms with Crippen LogP contribution in [0.4, 0.5) is 0 Å². The molecular formula is C19H11ClN4O2. The monoisotopic (exact) mass is 362 g/mol. The average molecular weight is 363 g/mol. The highest BCUT2D eigenvalue weighted by atomic mass is 35.5. The fraction of sp³-hybridized carbons (Fsp3) is 0.0526. The van der Waals surface area contributed by atoms with Crippen LogP contribution in [0.25, 0.3) is 22.4 Å². The average Bonchev–Trinajstić information content (AvgIpc) is 2.65.